The van der Waals surface area contributed by atoms with Crippen LogP contribution in [-0.2, 0) is 11.2 Å². The van der Waals surface area contributed by atoms with E-state index in [1.165, 1.54) is 12.1 Å². The number of aldehydes is 1. The van der Waals surface area contributed by atoms with Crippen molar-refractivity contribution >= 4 is 34.7 Å². The number of halogens is 1. The third-order valence-electron chi connectivity index (χ3n) is 7.66. The summed E-state index contributed by atoms with van der Waals surface area (Å²) in [6.07, 6.45) is 5.29. The molecule has 0 radical (unpaired) electrons. The molecule has 1 fully saturated rings. The van der Waals surface area contributed by atoms with Gasteiger partial charge in [0.05, 0.1) is 12.1 Å². The van der Waals surface area contributed by atoms with Crippen molar-refractivity contribution in [1.29, 1.82) is 0 Å². The Hall–Kier alpha value is -3.52. The lowest BCUT2D eigenvalue weighted by Gasteiger charge is -2.31. The molecular formula is C29H33FN4O3. The largest absolute Gasteiger partial charge is 0.382 e. The molecule has 4 N–H and O–H groups in total. The van der Waals surface area contributed by atoms with Gasteiger partial charge in [-0.2, -0.15) is 0 Å². The van der Waals surface area contributed by atoms with E-state index in [1.807, 2.05) is 12.1 Å². The van der Waals surface area contributed by atoms with E-state index in [0.717, 1.165) is 59.9 Å². The second kappa shape index (κ2) is 9.74. The van der Waals surface area contributed by atoms with Crippen LogP contribution in [-0.4, -0.2) is 41.3 Å². The van der Waals surface area contributed by atoms with Crippen LogP contribution < -0.4 is 16.4 Å². The van der Waals surface area contributed by atoms with Crippen LogP contribution in [0.4, 0.5) is 10.1 Å². The van der Waals surface area contributed by atoms with Gasteiger partial charge in [0.2, 0.25) is 11.8 Å². The van der Waals surface area contributed by atoms with Crippen molar-refractivity contribution in [3.05, 3.63) is 53.5 Å². The zero-order valence-electron chi connectivity index (χ0n) is 21.3. The molecule has 1 aromatic heterocycles. The number of aromatic nitrogens is 1. The van der Waals surface area contributed by atoms with Gasteiger partial charge in [-0.25, -0.2) is 4.39 Å². The summed E-state index contributed by atoms with van der Waals surface area (Å²) in [5, 5.41) is 7.33. The minimum Gasteiger partial charge on any atom is -0.382 e. The molecule has 0 bridgehead atoms. The van der Waals surface area contributed by atoms with Gasteiger partial charge in [0, 0.05) is 46.4 Å². The molecule has 2 aromatic carbocycles. The van der Waals surface area contributed by atoms with Gasteiger partial charge in [-0.15, -0.1) is 0 Å². The van der Waals surface area contributed by atoms with Crippen molar-refractivity contribution in [3.8, 4) is 11.1 Å². The Morgan fingerprint density at radius 1 is 1.11 bits per heavy atom. The first-order valence-electron chi connectivity index (χ1n) is 12.9. The Bertz CT molecular complexity index is 1390. The first-order valence-corrected chi connectivity index (χ1v) is 12.9. The number of carbonyl (C=O) groups is 3. The third-order valence-corrected chi connectivity index (χ3v) is 7.66. The molecule has 37 heavy (non-hydrogen) atoms. The number of hydrogen-bond acceptors (Lipinski definition) is 5. The fraction of sp³-hybridized carbons (Fsp3) is 0.414. The molecule has 1 aliphatic carbocycles. The maximum Gasteiger partial charge on any atom is 0.233 e. The van der Waals surface area contributed by atoms with Gasteiger partial charge in [0.1, 0.15) is 5.82 Å². The second-order valence-electron chi connectivity index (χ2n) is 11.1. The molecule has 0 saturated heterocycles. The van der Waals surface area contributed by atoms with Crippen LogP contribution in [0.25, 0.3) is 22.0 Å². The molecule has 2 heterocycles. The Morgan fingerprint density at radius 2 is 1.84 bits per heavy atom. The number of anilines is 1. The lowest BCUT2D eigenvalue weighted by Crippen LogP contribution is -2.42. The number of nitrogens with zero attached hydrogens (tertiary/aromatic N) is 1. The summed E-state index contributed by atoms with van der Waals surface area (Å²) < 4.78 is 15.9. The molecule has 3 aromatic rings. The summed E-state index contributed by atoms with van der Waals surface area (Å²) in [7, 11) is 0. The molecule has 0 unspecified atom stereocenters. The molecular weight excluding hydrogens is 471 g/mol. The predicted octanol–water partition coefficient (Wildman–Crippen LogP) is 4.67. The lowest BCUT2D eigenvalue weighted by atomic mass is 9.80. The number of nitrogens with one attached hydrogen (secondary N) is 2. The quantitative estimate of drug-likeness (QED) is 0.423. The molecule has 2 aliphatic rings. The molecule has 1 saturated carbocycles. The van der Waals surface area contributed by atoms with Gasteiger partial charge in [-0.3, -0.25) is 19.0 Å². The number of rotatable bonds is 6. The smallest absolute Gasteiger partial charge is 0.233 e. The Kier molecular flexibility index (Phi) is 6.62. The number of benzene rings is 2. The number of carbonyl (C=O) groups excluding carboxylic acids is 3. The zero-order chi connectivity index (χ0) is 26.3. The van der Waals surface area contributed by atoms with Gasteiger partial charge in [0.15, 0.2) is 6.29 Å². The van der Waals surface area contributed by atoms with E-state index in [-0.39, 0.29) is 41.7 Å². The summed E-state index contributed by atoms with van der Waals surface area (Å²) in [6.45, 7) is 4.14. The average molecular weight is 505 g/mol. The van der Waals surface area contributed by atoms with E-state index >= 15 is 0 Å². The van der Waals surface area contributed by atoms with Crippen molar-refractivity contribution in [2.45, 2.75) is 64.5 Å². The van der Waals surface area contributed by atoms with Crippen molar-refractivity contribution < 1.29 is 18.8 Å². The highest BCUT2D eigenvalue weighted by Crippen LogP contribution is 2.43. The number of nitrogens with two attached hydrogens (primary N) is 1. The average Bonchev–Trinajstić information content (AvgIpc) is 3.17. The lowest BCUT2D eigenvalue weighted by molar-refractivity contribution is -0.120. The predicted molar refractivity (Wildman–Crippen MR) is 142 cm³/mol. The second-order valence-corrected chi connectivity index (χ2v) is 11.1. The molecule has 194 valence electrons. The maximum absolute atomic E-state index is 14.2. The highest BCUT2D eigenvalue weighted by molar-refractivity contribution is 6.05. The molecule has 1 aliphatic heterocycles. The molecule has 5 rings (SSSR count). The molecule has 0 atom stereocenters. The molecule has 7 nitrogen and oxygen atoms in total. The maximum atomic E-state index is 14.2. The fourth-order valence-electron chi connectivity index (χ4n) is 5.92. The Labute approximate surface area is 215 Å². The third kappa shape index (κ3) is 4.90. The van der Waals surface area contributed by atoms with Gasteiger partial charge in [-0.05, 0) is 73.4 Å². The topological polar surface area (TPSA) is 106 Å². The summed E-state index contributed by atoms with van der Waals surface area (Å²) >= 11 is 0. The Balaban J connectivity index is 1.51. The van der Waals surface area contributed by atoms with E-state index < -0.39 is 0 Å². The molecule has 8 heteroatoms. The normalized spacial score (nSPS) is 20.9. The van der Waals surface area contributed by atoms with Gasteiger partial charge < -0.3 is 16.4 Å². The summed E-state index contributed by atoms with van der Waals surface area (Å²) in [5.41, 5.74) is 9.74. The minimum atomic E-state index is -0.381. The van der Waals surface area contributed by atoms with Crippen LogP contribution in [0.3, 0.4) is 0 Å². The SMILES string of the molecule is CC1(C)CC(=O)n2c(c(-c3ccc(C=O)c(NC4CCC(NC(=O)CN)CC4)c3)c3ccc(F)cc32)C1. The first kappa shape index (κ1) is 25.1. The van der Waals surface area contributed by atoms with Crippen LogP contribution in [0.15, 0.2) is 36.4 Å². The monoisotopic (exact) mass is 504 g/mol. The van der Waals surface area contributed by atoms with Crippen LogP contribution in [0, 0.1) is 11.2 Å². The van der Waals surface area contributed by atoms with Crippen LogP contribution in [0.5, 0.6) is 0 Å². The van der Waals surface area contributed by atoms with Gasteiger partial charge in [0.25, 0.3) is 0 Å². The minimum absolute atomic E-state index is 0.0124. The Morgan fingerprint density at radius 3 is 2.54 bits per heavy atom. The van der Waals surface area contributed by atoms with Crippen LogP contribution >= 0.6 is 0 Å². The molecule has 0 spiro atoms. The van der Waals surface area contributed by atoms with Crippen LogP contribution in [0.1, 0.15) is 66.8 Å². The standard InChI is InChI=1S/C29H33FN4O3/c1-29(2)13-25-28(22-10-5-19(30)12-24(22)34(25)27(37)14-29)17-3-4-18(16-35)23(11-17)32-20-6-8-21(9-7-20)33-26(36)15-31/h3-5,10-12,16,20-21,32H,6-9,13-15,31H2,1-2H3,(H,33,36). The van der Waals surface area contributed by atoms with E-state index in [1.54, 1.807) is 16.7 Å². The van der Waals surface area contributed by atoms with E-state index in [0.29, 0.717) is 23.9 Å². The van der Waals surface area contributed by atoms with Gasteiger partial charge in [-0.1, -0.05) is 19.9 Å². The zero-order valence-corrected chi connectivity index (χ0v) is 21.3. The summed E-state index contributed by atoms with van der Waals surface area (Å²) in [5.74, 6) is -0.555. The summed E-state index contributed by atoms with van der Waals surface area (Å²) in [6, 6.07) is 10.5. The van der Waals surface area contributed by atoms with E-state index in [4.69, 9.17) is 5.73 Å². The van der Waals surface area contributed by atoms with Crippen molar-refractivity contribution in [3.63, 3.8) is 0 Å². The first-order chi connectivity index (χ1) is 17.7. The van der Waals surface area contributed by atoms with Crippen molar-refractivity contribution in [2.75, 3.05) is 11.9 Å². The highest BCUT2D eigenvalue weighted by Gasteiger charge is 2.35. The van der Waals surface area contributed by atoms with Crippen molar-refractivity contribution in [2.24, 2.45) is 11.1 Å². The van der Waals surface area contributed by atoms with E-state index in [9.17, 15) is 18.8 Å². The number of fused-ring (bicyclic) bond motifs is 3. The highest BCUT2D eigenvalue weighted by atomic mass is 19.1. The number of amides is 1. The van der Waals surface area contributed by atoms with Crippen molar-refractivity contribution in [1.82, 2.24) is 9.88 Å². The molecule has 1 amide bonds. The summed E-state index contributed by atoms with van der Waals surface area (Å²) in [4.78, 5) is 36.7. The van der Waals surface area contributed by atoms with Crippen LogP contribution in [0.2, 0.25) is 0 Å². The number of hydrogen-bond donors (Lipinski definition) is 3. The van der Waals surface area contributed by atoms with Gasteiger partial charge >= 0.3 is 0 Å². The fourth-order valence-corrected chi connectivity index (χ4v) is 5.92. The van der Waals surface area contributed by atoms with E-state index in [2.05, 4.69) is 24.5 Å².